The predicted molar refractivity (Wildman–Crippen MR) is 57.6 cm³/mol. The lowest BCUT2D eigenvalue weighted by molar-refractivity contribution is 0.0845. The molecule has 2 heterocycles. The van der Waals surface area contributed by atoms with E-state index in [-0.39, 0.29) is 10.9 Å². The zero-order valence-corrected chi connectivity index (χ0v) is 9.85. The second-order valence-electron chi connectivity index (χ2n) is 3.68. The summed E-state index contributed by atoms with van der Waals surface area (Å²) in [6, 6.07) is 0. The van der Waals surface area contributed by atoms with Gasteiger partial charge in [0.1, 0.15) is 5.44 Å². The second kappa shape index (κ2) is 3.04. The highest BCUT2D eigenvalue weighted by atomic mass is 79.9. The van der Waals surface area contributed by atoms with Gasteiger partial charge in [-0.2, -0.15) is 0 Å². The Hall–Kier alpha value is 0.0700. The quantitative estimate of drug-likeness (QED) is 0.727. The Kier molecular flexibility index (Phi) is 2.25. The normalized spacial score (nSPS) is 36.0. The van der Waals surface area contributed by atoms with E-state index in [0.29, 0.717) is 0 Å². The van der Waals surface area contributed by atoms with Crippen molar-refractivity contribution < 1.29 is 9.84 Å². The molecule has 2 unspecified atom stereocenters. The van der Waals surface area contributed by atoms with E-state index in [9.17, 15) is 5.11 Å². The smallest absolute Gasteiger partial charge is 0.156 e. The van der Waals surface area contributed by atoms with Crippen LogP contribution in [-0.4, -0.2) is 21.4 Å². The van der Waals surface area contributed by atoms with Gasteiger partial charge in [0.05, 0.1) is 10.7 Å². The van der Waals surface area contributed by atoms with E-state index < -0.39 is 5.44 Å². The van der Waals surface area contributed by atoms with Crippen molar-refractivity contribution in [2.24, 2.45) is 0 Å². The molecule has 13 heavy (non-hydrogen) atoms. The summed E-state index contributed by atoms with van der Waals surface area (Å²) in [7, 11) is 0. The number of aliphatic hydroxyl groups excluding tert-OH is 1. The summed E-state index contributed by atoms with van der Waals surface area (Å²) >= 11 is 4.90. The van der Waals surface area contributed by atoms with Crippen LogP contribution >= 0.6 is 27.7 Å². The van der Waals surface area contributed by atoms with Crippen molar-refractivity contribution in [3.8, 4) is 0 Å². The monoisotopic (exact) mass is 262 g/mol. The lowest BCUT2D eigenvalue weighted by Gasteiger charge is -2.23. The van der Waals surface area contributed by atoms with Crippen LogP contribution in [0.25, 0.3) is 0 Å². The molecule has 0 aromatic heterocycles. The summed E-state index contributed by atoms with van der Waals surface area (Å²) in [4.78, 5) is 0. The van der Waals surface area contributed by atoms with E-state index in [4.69, 9.17) is 4.74 Å². The Morgan fingerprint density at radius 3 is 3.00 bits per heavy atom. The van der Waals surface area contributed by atoms with Gasteiger partial charge < -0.3 is 9.84 Å². The van der Waals surface area contributed by atoms with E-state index in [1.165, 1.54) is 11.8 Å². The number of ether oxygens (including phenoxy) is 1. The molecule has 0 spiro atoms. The topological polar surface area (TPSA) is 29.5 Å². The molecular weight excluding hydrogens is 252 g/mol. The van der Waals surface area contributed by atoms with E-state index in [2.05, 4.69) is 29.8 Å². The molecular formula is C9H11BrO2S. The lowest BCUT2D eigenvalue weighted by atomic mass is 9.96. The van der Waals surface area contributed by atoms with Gasteiger partial charge in [0.25, 0.3) is 0 Å². The third-order valence-corrected chi connectivity index (χ3v) is 4.03. The Labute approximate surface area is 90.2 Å². The number of fused-ring (bicyclic) bond motifs is 1. The number of hydrogen-bond donors (Lipinski definition) is 1. The fourth-order valence-corrected chi connectivity index (χ4v) is 3.25. The molecule has 0 radical (unpaired) electrons. The number of allylic oxidation sites excluding steroid dienone is 2. The standard InChI is InChI=1S/C9H11BrO2S/c1-9(2)6-3-5(10)4-12-7(6)8(11)13-9/h3-4,7-8,11H,1-2H3. The van der Waals surface area contributed by atoms with Gasteiger partial charge in [-0.3, -0.25) is 0 Å². The molecule has 1 N–H and O–H groups in total. The molecule has 2 nitrogen and oxygen atoms in total. The zero-order chi connectivity index (χ0) is 9.64. The van der Waals surface area contributed by atoms with Gasteiger partial charge in [-0.05, 0) is 41.4 Å². The Balaban J connectivity index is 2.38. The fourth-order valence-electron chi connectivity index (χ4n) is 1.65. The van der Waals surface area contributed by atoms with Crippen molar-refractivity contribution in [1.82, 2.24) is 0 Å². The van der Waals surface area contributed by atoms with Crippen molar-refractivity contribution in [3.63, 3.8) is 0 Å². The van der Waals surface area contributed by atoms with Crippen molar-refractivity contribution in [1.29, 1.82) is 0 Å². The molecule has 0 aliphatic carbocycles. The molecule has 0 bridgehead atoms. The van der Waals surface area contributed by atoms with Crippen LogP contribution in [0.4, 0.5) is 0 Å². The largest absolute Gasteiger partial charge is 0.489 e. The summed E-state index contributed by atoms with van der Waals surface area (Å²) in [5.74, 6) is 0. The van der Waals surface area contributed by atoms with Crippen molar-refractivity contribution in [2.75, 3.05) is 0 Å². The molecule has 2 aliphatic heterocycles. The van der Waals surface area contributed by atoms with Crippen LogP contribution in [0.3, 0.4) is 0 Å². The van der Waals surface area contributed by atoms with Crippen LogP contribution < -0.4 is 0 Å². The van der Waals surface area contributed by atoms with E-state index in [0.717, 1.165) is 10.1 Å². The Morgan fingerprint density at radius 2 is 2.31 bits per heavy atom. The van der Waals surface area contributed by atoms with E-state index in [1.807, 2.05) is 6.08 Å². The van der Waals surface area contributed by atoms with Crippen molar-refractivity contribution in [2.45, 2.75) is 30.1 Å². The lowest BCUT2D eigenvalue weighted by Crippen LogP contribution is -2.25. The maximum atomic E-state index is 9.70. The van der Waals surface area contributed by atoms with E-state index in [1.54, 1.807) is 6.26 Å². The van der Waals surface area contributed by atoms with Crippen LogP contribution in [0.15, 0.2) is 22.4 Å². The first-order valence-corrected chi connectivity index (χ1v) is 5.77. The molecule has 0 saturated carbocycles. The molecule has 2 aliphatic rings. The minimum atomic E-state index is -0.446. The molecule has 4 heteroatoms. The van der Waals surface area contributed by atoms with Crippen LogP contribution in [0, 0.1) is 0 Å². The number of rotatable bonds is 0. The highest BCUT2D eigenvalue weighted by Crippen LogP contribution is 2.49. The summed E-state index contributed by atoms with van der Waals surface area (Å²) < 4.78 is 6.32. The Morgan fingerprint density at radius 1 is 1.62 bits per heavy atom. The first-order chi connectivity index (χ1) is 6.00. The minimum absolute atomic E-state index is 0.0304. The summed E-state index contributed by atoms with van der Waals surface area (Å²) in [6.07, 6.45) is 3.51. The molecule has 1 fully saturated rings. The molecule has 0 aromatic rings. The van der Waals surface area contributed by atoms with Gasteiger partial charge in [-0.1, -0.05) is 0 Å². The molecule has 0 aromatic carbocycles. The molecule has 2 atom stereocenters. The number of thioether (sulfide) groups is 1. The van der Waals surface area contributed by atoms with Gasteiger partial charge in [-0.25, -0.2) is 0 Å². The van der Waals surface area contributed by atoms with Crippen LogP contribution in [0.5, 0.6) is 0 Å². The Bertz CT molecular complexity index is 296. The number of halogens is 1. The van der Waals surface area contributed by atoms with Crippen LogP contribution in [0.2, 0.25) is 0 Å². The first kappa shape index (κ1) is 9.62. The molecule has 0 amide bonds. The number of hydrogen-bond acceptors (Lipinski definition) is 3. The van der Waals surface area contributed by atoms with Gasteiger partial charge in [0.2, 0.25) is 0 Å². The molecule has 2 rings (SSSR count). The van der Waals surface area contributed by atoms with Gasteiger partial charge in [-0.15, -0.1) is 11.8 Å². The summed E-state index contributed by atoms with van der Waals surface area (Å²) in [5, 5.41) is 9.70. The zero-order valence-electron chi connectivity index (χ0n) is 7.45. The van der Waals surface area contributed by atoms with Crippen molar-refractivity contribution >= 4 is 27.7 Å². The molecule has 1 saturated heterocycles. The van der Waals surface area contributed by atoms with Crippen molar-refractivity contribution in [3.05, 3.63) is 22.4 Å². The molecule has 72 valence electrons. The van der Waals surface area contributed by atoms with E-state index >= 15 is 0 Å². The van der Waals surface area contributed by atoms with Gasteiger partial charge in [0, 0.05) is 4.75 Å². The highest BCUT2D eigenvalue weighted by molar-refractivity contribution is 9.11. The fraction of sp³-hybridized carbons (Fsp3) is 0.556. The maximum Gasteiger partial charge on any atom is 0.156 e. The second-order valence-corrected chi connectivity index (χ2v) is 6.33. The minimum Gasteiger partial charge on any atom is -0.489 e. The SMILES string of the molecule is CC1(C)SC(O)C2OC=C(Br)C=C21. The summed E-state index contributed by atoms with van der Waals surface area (Å²) in [5.41, 5.74) is 0.706. The van der Waals surface area contributed by atoms with Gasteiger partial charge in [0.15, 0.2) is 6.10 Å². The maximum absolute atomic E-state index is 9.70. The predicted octanol–water partition coefficient (Wildman–Crippen LogP) is 2.39. The average Bonchev–Trinajstić information content (AvgIpc) is 2.23. The number of aliphatic hydroxyl groups is 1. The third-order valence-electron chi connectivity index (χ3n) is 2.30. The first-order valence-electron chi connectivity index (χ1n) is 4.10. The van der Waals surface area contributed by atoms with Crippen LogP contribution in [-0.2, 0) is 4.74 Å². The highest BCUT2D eigenvalue weighted by Gasteiger charge is 2.46. The van der Waals surface area contributed by atoms with Gasteiger partial charge >= 0.3 is 0 Å². The third kappa shape index (κ3) is 1.55. The average molecular weight is 263 g/mol. The van der Waals surface area contributed by atoms with Crippen LogP contribution in [0.1, 0.15) is 13.8 Å². The summed E-state index contributed by atoms with van der Waals surface area (Å²) in [6.45, 7) is 4.20.